The van der Waals surface area contributed by atoms with E-state index >= 15 is 0 Å². The smallest absolute Gasteiger partial charge is 0.164 e. The van der Waals surface area contributed by atoms with Crippen LogP contribution in [0.2, 0.25) is 0 Å². The van der Waals surface area contributed by atoms with Crippen LogP contribution in [0.1, 0.15) is 30.6 Å². The van der Waals surface area contributed by atoms with Crippen molar-refractivity contribution in [3.8, 4) is 0 Å². The van der Waals surface area contributed by atoms with Gasteiger partial charge < -0.3 is 5.73 Å². The molecule has 1 atom stereocenters. The highest BCUT2D eigenvalue weighted by Gasteiger charge is 2.07. The average Bonchev–Trinajstić information content (AvgIpc) is 2.18. The van der Waals surface area contributed by atoms with E-state index in [1.807, 2.05) is 31.2 Å². The van der Waals surface area contributed by atoms with Crippen LogP contribution < -0.4 is 5.73 Å². The molecule has 1 rings (SSSR count). The van der Waals surface area contributed by atoms with Gasteiger partial charge in [-0.05, 0) is 24.8 Å². The van der Waals surface area contributed by atoms with E-state index in [9.17, 15) is 4.79 Å². The lowest BCUT2D eigenvalue weighted by atomic mass is 10.1. The van der Waals surface area contributed by atoms with Crippen LogP contribution in [0.5, 0.6) is 0 Å². The Morgan fingerprint density at radius 3 is 2.47 bits per heavy atom. The molecule has 1 aromatic carbocycles. The second kappa shape index (κ2) is 5.93. The van der Waals surface area contributed by atoms with Crippen LogP contribution in [-0.2, 0) is 0 Å². The van der Waals surface area contributed by atoms with E-state index in [1.165, 1.54) is 4.90 Å². The summed E-state index contributed by atoms with van der Waals surface area (Å²) in [6, 6.07) is 7.67. The molecule has 0 amide bonds. The van der Waals surface area contributed by atoms with Gasteiger partial charge in [-0.15, -0.1) is 11.8 Å². The summed E-state index contributed by atoms with van der Waals surface area (Å²) in [5.41, 5.74) is 6.34. The number of hydrogen-bond donors (Lipinski definition) is 1. The Kier molecular flexibility index (Phi) is 4.85. The monoisotopic (exact) mass is 223 g/mol. The van der Waals surface area contributed by atoms with E-state index in [0.29, 0.717) is 6.42 Å². The van der Waals surface area contributed by atoms with Crippen LogP contribution in [0, 0.1) is 0 Å². The van der Waals surface area contributed by atoms with Gasteiger partial charge in [0, 0.05) is 22.9 Å². The first kappa shape index (κ1) is 12.3. The minimum absolute atomic E-state index is 0.0674. The van der Waals surface area contributed by atoms with Gasteiger partial charge in [0.25, 0.3) is 0 Å². The minimum atomic E-state index is -0.0674. The number of carbonyl (C=O) groups is 1. The van der Waals surface area contributed by atoms with E-state index < -0.39 is 0 Å². The third-order valence-corrected chi connectivity index (χ3v) is 2.89. The second-order valence-corrected chi connectivity index (χ2v) is 4.90. The zero-order valence-electron chi connectivity index (χ0n) is 9.19. The van der Waals surface area contributed by atoms with Gasteiger partial charge in [-0.2, -0.15) is 0 Å². The van der Waals surface area contributed by atoms with Crippen LogP contribution in [0.15, 0.2) is 29.2 Å². The Hall–Kier alpha value is -0.800. The first-order valence-electron chi connectivity index (χ1n) is 5.15. The highest BCUT2D eigenvalue weighted by atomic mass is 32.2. The molecule has 0 fully saturated rings. The fourth-order valence-electron chi connectivity index (χ4n) is 1.31. The second-order valence-electron chi connectivity index (χ2n) is 3.56. The van der Waals surface area contributed by atoms with Crippen molar-refractivity contribution in [2.45, 2.75) is 31.2 Å². The number of benzene rings is 1. The molecular formula is C12H17NOS. The molecule has 1 aromatic rings. The molecule has 2 nitrogen and oxygen atoms in total. The van der Waals surface area contributed by atoms with Crippen molar-refractivity contribution in [2.75, 3.05) is 5.75 Å². The largest absolute Gasteiger partial charge is 0.328 e. The molecule has 0 spiro atoms. The predicted molar refractivity (Wildman–Crippen MR) is 65.4 cm³/mol. The summed E-state index contributed by atoms with van der Waals surface area (Å²) >= 11 is 1.77. The van der Waals surface area contributed by atoms with Gasteiger partial charge >= 0.3 is 0 Å². The Morgan fingerprint density at radius 2 is 2.00 bits per heavy atom. The van der Waals surface area contributed by atoms with E-state index in [1.54, 1.807) is 11.8 Å². The van der Waals surface area contributed by atoms with E-state index in [-0.39, 0.29) is 11.8 Å². The molecule has 0 aromatic heterocycles. The van der Waals surface area contributed by atoms with Crippen LogP contribution in [0.25, 0.3) is 0 Å². The van der Waals surface area contributed by atoms with Gasteiger partial charge in [-0.3, -0.25) is 4.79 Å². The zero-order chi connectivity index (χ0) is 11.3. The van der Waals surface area contributed by atoms with Gasteiger partial charge in [0.05, 0.1) is 0 Å². The fraction of sp³-hybridized carbons (Fsp3) is 0.417. The standard InChI is InChI=1S/C12H17NOS/c1-3-15-11-6-4-10(5-7-11)12(14)8-9(2)13/h4-7,9H,3,8,13H2,1-2H3. The Labute approximate surface area is 95.2 Å². The molecule has 0 radical (unpaired) electrons. The van der Waals surface area contributed by atoms with Crippen molar-refractivity contribution >= 4 is 17.5 Å². The molecule has 0 aliphatic carbocycles. The van der Waals surface area contributed by atoms with Gasteiger partial charge in [0.15, 0.2) is 5.78 Å². The number of hydrogen-bond acceptors (Lipinski definition) is 3. The maximum atomic E-state index is 11.6. The van der Waals surface area contributed by atoms with Crippen molar-refractivity contribution in [1.29, 1.82) is 0 Å². The first-order chi connectivity index (χ1) is 7.13. The average molecular weight is 223 g/mol. The summed E-state index contributed by atoms with van der Waals surface area (Å²) in [5.74, 6) is 1.17. The Bertz CT molecular complexity index is 319. The lowest BCUT2D eigenvalue weighted by Crippen LogP contribution is -2.19. The number of rotatable bonds is 5. The number of Topliss-reactive ketones (excluding diaryl/α,β-unsaturated/α-hetero) is 1. The minimum Gasteiger partial charge on any atom is -0.328 e. The van der Waals surface area contributed by atoms with Crippen molar-refractivity contribution < 1.29 is 4.79 Å². The number of carbonyl (C=O) groups excluding carboxylic acids is 1. The molecule has 0 heterocycles. The summed E-state index contributed by atoms with van der Waals surface area (Å²) in [6.45, 7) is 3.96. The molecule has 0 saturated carbocycles. The summed E-state index contributed by atoms with van der Waals surface area (Å²) in [4.78, 5) is 12.8. The van der Waals surface area contributed by atoms with Crippen LogP contribution in [0.4, 0.5) is 0 Å². The van der Waals surface area contributed by atoms with Gasteiger partial charge in [0.2, 0.25) is 0 Å². The number of ketones is 1. The molecule has 2 N–H and O–H groups in total. The van der Waals surface area contributed by atoms with Crippen molar-refractivity contribution in [1.82, 2.24) is 0 Å². The van der Waals surface area contributed by atoms with Crippen molar-refractivity contribution in [2.24, 2.45) is 5.73 Å². The van der Waals surface area contributed by atoms with Gasteiger partial charge in [0.1, 0.15) is 0 Å². The van der Waals surface area contributed by atoms with Crippen molar-refractivity contribution in [3.63, 3.8) is 0 Å². The predicted octanol–water partition coefficient (Wildman–Crippen LogP) is 2.72. The van der Waals surface area contributed by atoms with Gasteiger partial charge in [-0.25, -0.2) is 0 Å². The maximum absolute atomic E-state index is 11.6. The van der Waals surface area contributed by atoms with Crippen molar-refractivity contribution in [3.05, 3.63) is 29.8 Å². The van der Waals surface area contributed by atoms with Gasteiger partial charge in [-0.1, -0.05) is 19.1 Å². The topological polar surface area (TPSA) is 43.1 Å². The van der Waals surface area contributed by atoms with E-state index in [0.717, 1.165) is 11.3 Å². The highest BCUT2D eigenvalue weighted by molar-refractivity contribution is 7.99. The highest BCUT2D eigenvalue weighted by Crippen LogP contribution is 2.18. The first-order valence-corrected chi connectivity index (χ1v) is 6.13. The molecule has 0 bridgehead atoms. The lowest BCUT2D eigenvalue weighted by Gasteiger charge is -2.05. The van der Waals surface area contributed by atoms with Crippen LogP contribution >= 0.6 is 11.8 Å². The maximum Gasteiger partial charge on any atom is 0.164 e. The summed E-state index contributed by atoms with van der Waals surface area (Å²) in [5, 5.41) is 0. The molecule has 0 saturated heterocycles. The summed E-state index contributed by atoms with van der Waals surface area (Å²) < 4.78 is 0. The molecule has 15 heavy (non-hydrogen) atoms. The quantitative estimate of drug-likeness (QED) is 0.616. The zero-order valence-corrected chi connectivity index (χ0v) is 10.0. The SMILES string of the molecule is CCSc1ccc(C(=O)CC(C)N)cc1. The van der Waals surface area contributed by atoms with Crippen LogP contribution in [0.3, 0.4) is 0 Å². The Balaban J connectivity index is 2.67. The normalized spacial score (nSPS) is 12.5. The molecule has 0 aliphatic rings. The number of thioether (sulfide) groups is 1. The number of nitrogens with two attached hydrogens (primary N) is 1. The molecular weight excluding hydrogens is 206 g/mol. The molecule has 0 aliphatic heterocycles. The summed E-state index contributed by atoms with van der Waals surface area (Å²) in [7, 11) is 0. The van der Waals surface area contributed by atoms with E-state index in [2.05, 4.69) is 6.92 Å². The molecule has 3 heteroatoms. The third kappa shape index (κ3) is 4.06. The van der Waals surface area contributed by atoms with Crippen LogP contribution in [-0.4, -0.2) is 17.6 Å². The third-order valence-electron chi connectivity index (χ3n) is 1.99. The lowest BCUT2D eigenvalue weighted by molar-refractivity contribution is 0.0976. The molecule has 82 valence electrons. The fourth-order valence-corrected chi connectivity index (χ4v) is 1.98. The summed E-state index contributed by atoms with van der Waals surface area (Å²) in [6.07, 6.45) is 0.417. The molecule has 1 unspecified atom stereocenters. The van der Waals surface area contributed by atoms with E-state index in [4.69, 9.17) is 5.73 Å². The Morgan fingerprint density at radius 1 is 1.40 bits per heavy atom.